The van der Waals surface area contributed by atoms with E-state index in [1.165, 1.54) is 7.11 Å². The summed E-state index contributed by atoms with van der Waals surface area (Å²) in [6.45, 7) is 2.43. The molecule has 138 valence electrons. The molecule has 0 aliphatic carbocycles. The molecule has 1 aromatic heterocycles. The third-order valence-electron chi connectivity index (χ3n) is 3.85. The Labute approximate surface area is 156 Å². The van der Waals surface area contributed by atoms with Crippen LogP contribution in [0.2, 0.25) is 0 Å². The van der Waals surface area contributed by atoms with Crippen molar-refractivity contribution in [1.29, 1.82) is 0 Å². The molecule has 2 N–H and O–H groups in total. The first kappa shape index (κ1) is 18.2. The molecule has 0 saturated carbocycles. The maximum atomic E-state index is 12.4. The van der Waals surface area contributed by atoms with Crippen LogP contribution in [0.25, 0.3) is 10.8 Å². The van der Waals surface area contributed by atoms with Crippen molar-refractivity contribution in [3.8, 4) is 11.6 Å². The van der Waals surface area contributed by atoms with Gasteiger partial charge in [0.2, 0.25) is 5.88 Å². The zero-order valence-electron chi connectivity index (χ0n) is 15.0. The highest BCUT2D eigenvalue weighted by atomic mass is 16.5. The molecule has 3 rings (SSSR count). The van der Waals surface area contributed by atoms with Crippen LogP contribution in [0.4, 0.5) is 0 Å². The number of carbonyl (C=O) groups is 2. The van der Waals surface area contributed by atoms with E-state index in [2.05, 4.69) is 15.8 Å². The normalized spacial score (nSPS) is 10.3. The predicted octanol–water partition coefficient (Wildman–Crippen LogP) is 2.72. The van der Waals surface area contributed by atoms with Gasteiger partial charge < -0.3 is 9.47 Å². The van der Waals surface area contributed by atoms with Gasteiger partial charge in [-0.2, -0.15) is 0 Å². The molecule has 0 fully saturated rings. The number of pyridine rings is 1. The lowest BCUT2D eigenvalue weighted by Crippen LogP contribution is -2.41. The highest BCUT2D eigenvalue weighted by Gasteiger charge is 2.14. The van der Waals surface area contributed by atoms with E-state index in [0.29, 0.717) is 23.8 Å². The number of methoxy groups -OCH3 is 1. The van der Waals surface area contributed by atoms with Gasteiger partial charge in [-0.1, -0.05) is 18.2 Å². The van der Waals surface area contributed by atoms with Gasteiger partial charge in [-0.05, 0) is 48.7 Å². The second-order valence-electron chi connectivity index (χ2n) is 5.60. The minimum Gasteiger partial charge on any atom is -0.494 e. The van der Waals surface area contributed by atoms with Crippen molar-refractivity contribution in [3.63, 3.8) is 0 Å². The predicted molar refractivity (Wildman–Crippen MR) is 101 cm³/mol. The van der Waals surface area contributed by atoms with E-state index in [9.17, 15) is 9.59 Å². The van der Waals surface area contributed by atoms with Crippen molar-refractivity contribution < 1.29 is 19.1 Å². The molecule has 2 amide bonds. The molecule has 27 heavy (non-hydrogen) atoms. The van der Waals surface area contributed by atoms with Crippen molar-refractivity contribution in [2.45, 2.75) is 6.92 Å². The first-order valence-electron chi connectivity index (χ1n) is 8.39. The van der Waals surface area contributed by atoms with Crippen LogP contribution in [0.3, 0.4) is 0 Å². The molecular formula is C20H19N3O4. The molecule has 0 radical (unpaired) electrons. The van der Waals surface area contributed by atoms with Crippen LogP contribution in [0.15, 0.2) is 54.6 Å². The summed E-state index contributed by atoms with van der Waals surface area (Å²) in [6.07, 6.45) is 0. The van der Waals surface area contributed by atoms with E-state index >= 15 is 0 Å². The Morgan fingerprint density at radius 1 is 1.00 bits per heavy atom. The van der Waals surface area contributed by atoms with Gasteiger partial charge in [-0.25, -0.2) is 4.98 Å². The van der Waals surface area contributed by atoms with E-state index in [4.69, 9.17) is 9.47 Å². The number of ether oxygens (including phenoxy) is 2. The van der Waals surface area contributed by atoms with E-state index in [1.54, 1.807) is 30.3 Å². The molecule has 7 nitrogen and oxygen atoms in total. The Bertz CT molecular complexity index is 971. The minimum absolute atomic E-state index is 0.137. The number of fused-ring (bicyclic) bond motifs is 1. The molecule has 2 aromatic carbocycles. The quantitative estimate of drug-likeness (QED) is 0.679. The third kappa shape index (κ3) is 4.14. The fourth-order valence-electron chi connectivity index (χ4n) is 2.56. The number of hydrogen-bond acceptors (Lipinski definition) is 5. The van der Waals surface area contributed by atoms with Gasteiger partial charge in [0.1, 0.15) is 11.4 Å². The molecule has 0 aliphatic heterocycles. The lowest BCUT2D eigenvalue weighted by molar-refractivity contribution is 0.0843. The molecule has 0 saturated heterocycles. The van der Waals surface area contributed by atoms with Crippen LogP contribution in [0.5, 0.6) is 11.6 Å². The van der Waals surface area contributed by atoms with Crippen LogP contribution in [-0.4, -0.2) is 30.5 Å². The number of hydrazine groups is 1. The molecule has 0 atom stereocenters. The SMILES string of the molecule is CCOc1ccc(C(=O)NNC(=O)c2cc3ccccc3c(OC)n2)cc1. The van der Waals surface area contributed by atoms with Crippen molar-refractivity contribution in [1.82, 2.24) is 15.8 Å². The zero-order chi connectivity index (χ0) is 19.2. The molecular weight excluding hydrogens is 346 g/mol. The number of nitrogens with one attached hydrogen (secondary N) is 2. The average Bonchev–Trinajstić information content (AvgIpc) is 2.71. The molecule has 3 aromatic rings. The monoisotopic (exact) mass is 365 g/mol. The lowest BCUT2D eigenvalue weighted by atomic mass is 10.1. The maximum absolute atomic E-state index is 12.4. The summed E-state index contributed by atoms with van der Waals surface area (Å²) in [5, 5.41) is 1.61. The highest BCUT2D eigenvalue weighted by molar-refractivity contribution is 6.00. The minimum atomic E-state index is -0.543. The second-order valence-corrected chi connectivity index (χ2v) is 5.60. The Kier molecular flexibility index (Phi) is 5.51. The zero-order valence-corrected chi connectivity index (χ0v) is 15.0. The van der Waals surface area contributed by atoms with Gasteiger partial charge in [-0.3, -0.25) is 20.4 Å². The summed E-state index contributed by atoms with van der Waals surface area (Å²) in [5.74, 6) is 0.0270. The Balaban J connectivity index is 1.70. The van der Waals surface area contributed by atoms with Crippen LogP contribution in [0, 0.1) is 0 Å². The van der Waals surface area contributed by atoms with Gasteiger partial charge in [-0.15, -0.1) is 0 Å². The Morgan fingerprint density at radius 3 is 2.41 bits per heavy atom. The van der Waals surface area contributed by atoms with Crippen LogP contribution in [-0.2, 0) is 0 Å². The van der Waals surface area contributed by atoms with Crippen molar-refractivity contribution >= 4 is 22.6 Å². The smallest absolute Gasteiger partial charge is 0.288 e. The number of carbonyl (C=O) groups excluding carboxylic acids is 2. The summed E-state index contributed by atoms with van der Waals surface area (Å²) in [7, 11) is 1.49. The van der Waals surface area contributed by atoms with Gasteiger partial charge in [0.25, 0.3) is 11.8 Å². The van der Waals surface area contributed by atoms with Crippen LogP contribution in [0.1, 0.15) is 27.8 Å². The van der Waals surface area contributed by atoms with Gasteiger partial charge >= 0.3 is 0 Å². The number of rotatable bonds is 5. The lowest BCUT2D eigenvalue weighted by Gasteiger charge is -2.10. The van der Waals surface area contributed by atoms with E-state index in [1.807, 2.05) is 31.2 Å². The number of amides is 2. The molecule has 0 aliphatic rings. The summed E-state index contributed by atoms with van der Waals surface area (Å²) in [5.41, 5.74) is 5.27. The average molecular weight is 365 g/mol. The highest BCUT2D eigenvalue weighted by Crippen LogP contribution is 2.24. The Hall–Kier alpha value is -3.61. The van der Waals surface area contributed by atoms with Crippen molar-refractivity contribution in [3.05, 3.63) is 65.9 Å². The number of benzene rings is 2. The maximum Gasteiger partial charge on any atom is 0.288 e. The fraction of sp³-hybridized carbons (Fsp3) is 0.150. The topological polar surface area (TPSA) is 89.6 Å². The van der Waals surface area contributed by atoms with Crippen LogP contribution >= 0.6 is 0 Å². The number of nitrogens with zero attached hydrogens (tertiary/aromatic N) is 1. The van der Waals surface area contributed by atoms with Gasteiger partial charge in [0.15, 0.2) is 0 Å². The second kappa shape index (κ2) is 8.18. The largest absolute Gasteiger partial charge is 0.494 e. The summed E-state index contributed by atoms with van der Waals surface area (Å²) in [4.78, 5) is 28.7. The van der Waals surface area contributed by atoms with E-state index < -0.39 is 11.8 Å². The number of aromatic nitrogens is 1. The Morgan fingerprint density at radius 2 is 1.70 bits per heavy atom. The molecule has 0 spiro atoms. The first-order valence-corrected chi connectivity index (χ1v) is 8.39. The molecule has 0 bridgehead atoms. The van der Waals surface area contributed by atoms with Crippen molar-refractivity contribution in [2.75, 3.05) is 13.7 Å². The fourth-order valence-corrected chi connectivity index (χ4v) is 2.56. The van der Waals surface area contributed by atoms with E-state index in [-0.39, 0.29) is 5.69 Å². The summed E-state index contributed by atoms with van der Waals surface area (Å²) < 4.78 is 10.6. The molecule has 1 heterocycles. The van der Waals surface area contributed by atoms with Crippen molar-refractivity contribution in [2.24, 2.45) is 0 Å². The summed E-state index contributed by atoms with van der Waals surface area (Å²) in [6, 6.07) is 15.7. The third-order valence-corrected chi connectivity index (χ3v) is 3.85. The van der Waals surface area contributed by atoms with E-state index in [0.717, 1.165) is 10.8 Å². The first-order chi connectivity index (χ1) is 13.1. The summed E-state index contributed by atoms with van der Waals surface area (Å²) >= 11 is 0. The van der Waals surface area contributed by atoms with Gasteiger partial charge in [0, 0.05) is 10.9 Å². The van der Waals surface area contributed by atoms with Crippen LogP contribution < -0.4 is 20.3 Å². The molecule has 7 heteroatoms. The van der Waals surface area contributed by atoms with Gasteiger partial charge in [0.05, 0.1) is 13.7 Å². The molecule has 0 unspecified atom stereocenters. The number of hydrogen-bond donors (Lipinski definition) is 2. The standard InChI is InChI=1S/C20H19N3O4/c1-3-27-15-10-8-13(9-11-15)18(24)22-23-19(25)17-12-14-6-4-5-7-16(14)20(21-17)26-2/h4-12H,3H2,1-2H3,(H,22,24)(H,23,25).